The van der Waals surface area contributed by atoms with E-state index in [0.29, 0.717) is 32.7 Å². The normalized spacial score (nSPS) is 16.2. The molecule has 1 aliphatic rings. The van der Waals surface area contributed by atoms with E-state index in [1.54, 1.807) is 23.2 Å². The number of rotatable bonds is 6. The molecule has 2 amide bonds. The maximum atomic E-state index is 12.2. The molecule has 128 valence electrons. The molecule has 0 saturated carbocycles. The van der Waals surface area contributed by atoms with E-state index < -0.39 is 6.04 Å². The standard InChI is InChI=1S/C17H26N2O3S/c1-12-11-15(14(3)23-12)5-4-6-16(20)18-13(2)17(21)19-7-9-22-10-8-19/h11,13H,4-10H2,1-3H3,(H,18,20). The Labute approximate surface area is 142 Å². The van der Waals surface area contributed by atoms with Crippen LogP contribution in [0.2, 0.25) is 0 Å². The number of nitrogens with zero attached hydrogens (tertiary/aromatic N) is 1. The van der Waals surface area contributed by atoms with E-state index in [1.807, 2.05) is 0 Å². The SMILES string of the molecule is Cc1cc(CCCC(=O)NC(C)C(=O)N2CCOCC2)c(C)s1. The summed E-state index contributed by atoms with van der Waals surface area (Å²) in [6.45, 7) is 8.34. The van der Waals surface area contributed by atoms with Gasteiger partial charge in [-0.1, -0.05) is 0 Å². The predicted molar refractivity (Wildman–Crippen MR) is 91.7 cm³/mol. The molecule has 1 fully saturated rings. The van der Waals surface area contributed by atoms with E-state index in [-0.39, 0.29) is 11.8 Å². The average molecular weight is 338 g/mol. The Morgan fingerprint density at radius 1 is 1.35 bits per heavy atom. The highest BCUT2D eigenvalue weighted by Gasteiger charge is 2.23. The van der Waals surface area contributed by atoms with Crippen LogP contribution in [0.1, 0.15) is 35.1 Å². The minimum absolute atomic E-state index is 0.0223. The number of carbonyl (C=O) groups is 2. The fourth-order valence-corrected chi connectivity index (χ4v) is 3.78. The lowest BCUT2D eigenvalue weighted by atomic mass is 10.1. The van der Waals surface area contributed by atoms with Crippen LogP contribution in [-0.2, 0) is 20.7 Å². The second kappa shape index (κ2) is 8.45. The number of ether oxygens (including phenoxy) is 1. The molecule has 1 atom stereocenters. The van der Waals surface area contributed by atoms with Crippen LogP contribution < -0.4 is 5.32 Å². The Bertz CT molecular complexity index is 550. The fraction of sp³-hybridized carbons (Fsp3) is 0.647. The maximum absolute atomic E-state index is 12.2. The van der Waals surface area contributed by atoms with E-state index in [9.17, 15) is 9.59 Å². The summed E-state index contributed by atoms with van der Waals surface area (Å²) in [6, 6.07) is 1.73. The lowest BCUT2D eigenvalue weighted by molar-refractivity contribution is -0.139. The zero-order valence-corrected chi connectivity index (χ0v) is 15.0. The smallest absolute Gasteiger partial charge is 0.245 e. The zero-order chi connectivity index (χ0) is 16.8. The van der Waals surface area contributed by atoms with Crippen molar-refractivity contribution in [2.45, 2.75) is 46.1 Å². The first-order valence-electron chi connectivity index (χ1n) is 8.19. The second-order valence-electron chi connectivity index (χ2n) is 6.02. The molecule has 0 aliphatic carbocycles. The van der Waals surface area contributed by atoms with Gasteiger partial charge in [0.1, 0.15) is 6.04 Å². The summed E-state index contributed by atoms with van der Waals surface area (Å²) < 4.78 is 5.24. The minimum Gasteiger partial charge on any atom is -0.378 e. The Kier molecular flexibility index (Phi) is 6.59. The molecule has 1 unspecified atom stereocenters. The van der Waals surface area contributed by atoms with Crippen molar-refractivity contribution in [2.24, 2.45) is 0 Å². The summed E-state index contributed by atoms with van der Waals surface area (Å²) in [4.78, 5) is 28.7. The number of nitrogens with one attached hydrogen (secondary N) is 1. The third kappa shape index (κ3) is 5.32. The lowest BCUT2D eigenvalue weighted by Gasteiger charge is -2.29. The van der Waals surface area contributed by atoms with Crippen molar-refractivity contribution in [2.75, 3.05) is 26.3 Å². The monoisotopic (exact) mass is 338 g/mol. The predicted octanol–water partition coefficient (Wildman–Crippen LogP) is 2.05. The Morgan fingerprint density at radius 2 is 2.04 bits per heavy atom. The molecule has 1 aromatic heterocycles. The first-order chi connectivity index (χ1) is 11.0. The van der Waals surface area contributed by atoms with E-state index in [2.05, 4.69) is 25.2 Å². The van der Waals surface area contributed by atoms with Crippen molar-refractivity contribution in [1.29, 1.82) is 0 Å². The number of carbonyl (C=O) groups excluding carboxylic acids is 2. The van der Waals surface area contributed by atoms with Gasteiger partial charge in [0.05, 0.1) is 13.2 Å². The molecule has 1 saturated heterocycles. The summed E-state index contributed by atoms with van der Waals surface area (Å²) >= 11 is 1.80. The quantitative estimate of drug-likeness (QED) is 0.864. The van der Waals surface area contributed by atoms with E-state index in [0.717, 1.165) is 12.8 Å². The molecule has 1 aromatic rings. The van der Waals surface area contributed by atoms with Crippen LogP contribution in [0.3, 0.4) is 0 Å². The second-order valence-corrected chi connectivity index (χ2v) is 7.48. The summed E-state index contributed by atoms with van der Waals surface area (Å²) in [5.74, 6) is -0.0744. The summed E-state index contributed by atoms with van der Waals surface area (Å²) in [5.41, 5.74) is 1.33. The molecule has 6 heteroatoms. The van der Waals surface area contributed by atoms with Crippen LogP contribution in [0.4, 0.5) is 0 Å². The molecule has 2 heterocycles. The third-order valence-corrected chi connectivity index (χ3v) is 5.07. The lowest BCUT2D eigenvalue weighted by Crippen LogP contribution is -2.50. The number of morpholine rings is 1. The Morgan fingerprint density at radius 3 is 2.65 bits per heavy atom. The number of thiophene rings is 1. The molecular formula is C17H26N2O3S. The Hall–Kier alpha value is -1.40. The van der Waals surface area contributed by atoms with Crippen molar-refractivity contribution in [3.05, 3.63) is 21.4 Å². The topological polar surface area (TPSA) is 58.6 Å². The number of amides is 2. The van der Waals surface area contributed by atoms with Gasteiger partial charge in [0.25, 0.3) is 0 Å². The van der Waals surface area contributed by atoms with Crippen LogP contribution in [-0.4, -0.2) is 49.1 Å². The number of aryl methyl sites for hydroxylation is 3. The van der Waals surface area contributed by atoms with Gasteiger partial charge < -0.3 is 15.0 Å². The van der Waals surface area contributed by atoms with Crippen molar-refractivity contribution < 1.29 is 14.3 Å². The average Bonchev–Trinajstić information content (AvgIpc) is 2.85. The molecular weight excluding hydrogens is 312 g/mol. The van der Waals surface area contributed by atoms with Crippen LogP contribution in [0.5, 0.6) is 0 Å². The molecule has 0 bridgehead atoms. The first-order valence-corrected chi connectivity index (χ1v) is 9.01. The van der Waals surface area contributed by atoms with Gasteiger partial charge in [-0.05, 0) is 45.2 Å². The molecule has 23 heavy (non-hydrogen) atoms. The van der Waals surface area contributed by atoms with Crippen molar-refractivity contribution in [3.63, 3.8) is 0 Å². The molecule has 0 radical (unpaired) electrons. The van der Waals surface area contributed by atoms with Gasteiger partial charge >= 0.3 is 0 Å². The van der Waals surface area contributed by atoms with Crippen molar-refractivity contribution >= 4 is 23.2 Å². The van der Waals surface area contributed by atoms with Gasteiger partial charge in [0.2, 0.25) is 11.8 Å². The molecule has 0 spiro atoms. The van der Waals surface area contributed by atoms with Gasteiger partial charge in [-0.15, -0.1) is 11.3 Å². The van der Waals surface area contributed by atoms with Crippen LogP contribution in [0.15, 0.2) is 6.07 Å². The maximum Gasteiger partial charge on any atom is 0.245 e. The summed E-state index contributed by atoms with van der Waals surface area (Å²) in [7, 11) is 0. The van der Waals surface area contributed by atoms with Gasteiger partial charge in [0, 0.05) is 29.3 Å². The van der Waals surface area contributed by atoms with Gasteiger partial charge in [-0.2, -0.15) is 0 Å². The van der Waals surface area contributed by atoms with Gasteiger partial charge in [-0.3, -0.25) is 9.59 Å². The highest BCUT2D eigenvalue weighted by Crippen LogP contribution is 2.22. The van der Waals surface area contributed by atoms with Crippen LogP contribution in [0.25, 0.3) is 0 Å². The van der Waals surface area contributed by atoms with Crippen molar-refractivity contribution in [3.8, 4) is 0 Å². The molecule has 5 nitrogen and oxygen atoms in total. The first kappa shape index (κ1) is 17.9. The van der Waals surface area contributed by atoms with Crippen molar-refractivity contribution in [1.82, 2.24) is 10.2 Å². The van der Waals surface area contributed by atoms with Gasteiger partial charge in [0.15, 0.2) is 0 Å². The Balaban J connectivity index is 1.71. The minimum atomic E-state index is -0.467. The van der Waals surface area contributed by atoms with E-state index in [1.165, 1.54) is 15.3 Å². The van der Waals surface area contributed by atoms with Crippen LogP contribution >= 0.6 is 11.3 Å². The van der Waals surface area contributed by atoms with Crippen LogP contribution in [0, 0.1) is 13.8 Å². The summed E-state index contributed by atoms with van der Waals surface area (Å²) in [6.07, 6.45) is 2.17. The number of hydrogen-bond acceptors (Lipinski definition) is 4. The van der Waals surface area contributed by atoms with E-state index >= 15 is 0 Å². The zero-order valence-electron chi connectivity index (χ0n) is 14.2. The molecule has 1 N–H and O–H groups in total. The van der Waals surface area contributed by atoms with E-state index in [4.69, 9.17) is 4.74 Å². The highest BCUT2D eigenvalue weighted by atomic mass is 32.1. The largest absolute Gasteiger partial charge is 0.378 e. The third-order valence-electron chi connectivity index (χ3n) is 4.06. The highest BCUT2D eigenvalue weighted by molar-refractivity contribution is 7.12. The van der Waals surface area contributed by atoms with Gasteiger partial charge in [-0.25, -0.2) is 0 Å². The molecule has 2 rings (SSSR count). The molecule has 1 aliphatic heterocycles. The number of hydrogen-bond donors (Lipinski definition) is 1. The fourth-order valence-electron chi connectivity index (χ4n) is 2.80. The summed E-state index contributed by atoms with van der Waals surface area (Å²) in [5, 5.41) is 2.81. The molecule has 0 aromatic carbocycles.